The fraction of sp³-hybridized carbons (Fsp3) is 0.200. The summed E-state index contributed by atoms with van der Waals surface area (Å²) in [5.74, 6) is 2.36. The number of hydrogen-bond donors (Lipinski definition) is 2. The van der Waals surface area contributed by atoms with Crippen molar-refractivity contribution >= 4 is 11.7 Å². The molecule has 0 aromatic heterocycles. The van der Waals surface area contributed by atoms with E-state index >= 15 is 0 Å². The molecular formula is C10H10F2N2O3. The number of ether oxygens (including phenoxy) is 1. The first-order valence-corrected chi connectivity index (χ1v) is 4.55. The van der Waals surface area contributed by atoms with Crippen molar-refractivity contribution in [3.05, 3.63) is 29.8 Å². The van der Waals surface area contributed by atoms with E-state index < -0.39 is 12.0 Å². The molecule has 0 aliphatic rings. The number of alkyl halides is 2. The Bertz CT molecular complexity index is 432. The van der Waals surface area contributed by atoms with E-state index in [0.717, 1.165) is 12.1 Å². The third kappa shape index (κ3) is 3.22. The van der Waals surface area contributed by atoms with Gasteiger partial charge in [-0.1, -0.05) is 0 Å². The van der Waals surface area contributed by atoms with E-state index in [9.17, 15) is 18.4 Å². The number of ketones is 1. The minimum absolute atomic E-state index is 0.206. The molecule has 0 heterocycles. The molecule has 5 nitrogen and oxygen atoms in total. The van der Waals surface area contributed by atoms with Crippen LogP contribution in [0.15, 0.2) is 24.3 Å². The third-order valence-electron chi connectivity index (χ3n) is 1.90. The molecule has 7 heteroatoms. The van der Waals surface area contributed by atoms with Crippen LogP contribution < -0.4 is 16.0 Å². The Hall–Kier alpha value is -2.02. The van der Waals surface area contributed by atoms with E-state index in [1.165, 1.54) is 24.5 Å². The normalized spacial score (nSPS) is 10.8. The maximum Gasteiger partial charge on any atom is 0.483 e. The van der Waals surface area contributed by atoms with Gasteiger partial charge in [-0.3, -0.25) is 15.0 Å². The van der Waals surface area contributed by atoms with Gasteiger partial charge >= 0.3 is 12.0 Å². The van der Waals surface area contributed by atoms with Gasteiger partial charge in [-0.15, -0.1) is 0 Å². The number of amides is 1. The highest BCUT2D eigenvalue weighted by Gasteiger charge is 2.41. The second kappa shape index (κ2) is 4.88. The smallest absolute Gasteiger partial charge is 0.425 e. The predicted molar refractivity (Wildman–Crippen MR) is 54.4 cm³/mol. The van der Waals surface area contributed by atoms with Crippen molar-refractivity contribution in [2.24, 2.45) is 5.84 Å². The van der Waals surface area contributed by atoms with E-state index in [4.69, 9.17) is 0 Å². The molecular weight excluding hydrogens is 234 g/mol. The Kier molecular flexibility index (Phi) is 3.74. The number of rotatable bonds is 4. The zero-order chi connectivity index (χ0) is 13.1. The quantitative estimate of drug-likeness (QED) is 0.356. The molecule has 0 aliphatic heterocycles. The van der Waals surface area contributed by atoms with E-state index in [0.29, 0.717) is 5.56 Å². The van der Waals surface area contributed by atoms with Gasteiger partial charge in [0, 0.05) is 5.56 Å². The summed E-state index contributed by atoms with van der Waals surface area (Å²) in [6.45, 7) is 1.34. The number of carbonyl (C=O) groups is 2. The standard InChI is InChI=1S/C10H10F2N2O3/c1-6(15)7-2-4-8(5-3-7)17-10(11,12)9(16)14-13/h2-5H,13H2,1H3,(H,14,16). The van der Waals surface area contributed by atoms with Crippen LogP contribution in [0.3, 0.4) is 0 Å². The topological polar surface area (TPSA) is 81.4 Å². The molecule has 0 fully saturated rings. The van der Waals surface area contributed by atoms with Gasteiger partial charge in [-0.05, 0) is 31.2 Å². The first-order valence-electron chi connectivity index (χ1n) is 4.55. The summed E-state index contributed by atoms with van der Waals surface area (Å²) < 4.78 is 30.1. The highest BCUT2D eigenvalue weighted by atomic mass is 19.3. The van der Waals surface area contributed by atoms with Crippen LogP contribution >= 0.6 is 0 Å². The Morgan fingerprint density at radius 2 is 1.82 bits per heavy atom. The number of halogens is 2. The van der Waals surface area contributed by atoms with E-state index in [1.54, 1.807) is 0 Å². The number of nitrogens with one attached hydrogen (secondary N) is 1. The van der Waals surface area contributed by atoms with Crippen LogP contribution in [0.1, 0.15) is 17.3 Å². The van der Waals surface area contributed by atoms with E-state index in [1.807, 2.05) is 0 Å². The van der Waals surface area contributed by atoms with Crippen LogP contribution in [0.25, 0.3) is 0 Å². The minimum Gasteiger partial charge on any atom is -0.425 e. The average Bonchev–Trinajstić information content (AvgIpc) is 2.28. The lowest BCUT2D eigenvalue weighted by Gasteiger charge is -2.15. The predicted octanol–water partition coefficient (Wildman–Crippen LogP) is 0.851. The molecule has 1 rings (SSSR count). The molecule has 0 bridgehead atoms. The van der Waals surface area contributed by atoms with Crippen LogP contribution in [0.2, 0.25) is 0 Å². The molecule has 0 saturated heterocycles. The maximum atomic E-state index is 13.0. The Balaban J connectivity index is 2.82. The van der Waals surface area contributed by atoms with Gasteiger partial charge in [0.05, 0.1) is 0 Å². The average molecular weight is 244 g/mol. The van der Waals surface area contributed by atoms with Crippen molar-refractivity contribution in [3.8, 4) is 5.75 Å². The summed E-state index contributed by atoms with van der Waals surface area (Å²) in [6.07, 6.45) is -4.06. The lowest BCUT2D eigenvalue weighted by molar-refractivity contribution is -0.192. The first-order chi connectivity index (χ1) is 7.86. The zero-order valence-corrected chi connectivity index (χ0v) is 8.87. The molecule has 0 radical (unpaired) electrons. The van der Waals surface area contributed by atoms with Crippen molar-refractivity contribution < 1.29 is 23.1 Å². The van der Waals surface area contributed by atoms with Crippen LogP contribution in [-0.4, -0.2) is 17.8 Å². The number of hydrogen-bond acceptors (Lipinski definition) is 4. The fourth-order valence-corrected chi connectivity index (χ4v) is 1.04. The minimum atomic E-state index is -4.06. The number of benzene rings is 1. The zero-order valence-electron chi connectivity index (χ0n) is 8.87. The number of nitrogens with two attached hydrogens (primary N) is 1. The summed E-state index contributed by atoms with van der Waals surface area (Å²) in [5, 5.41) is 0. The van der Waals surface area contributed by atoms with Gasteiger partial charge in [-0.25, -0.2) is 5.84 Å². The van der Waals surface area contributed by atoms with Gasteiger partial charge in [0.25, 0.3) is 0 Å². The number of carbonyl (C=O) groups excluding carboxylic acids is 2. The summed E-state index contributed by atoms with van der Waals surface area (Å²) >= 11 is 0. The molecule has 0 spiro atoms. The second-order valence-corrected chi connectivity index (χ2v) is 3.17. The lowest BCUT2D eigenvalue weighted by atomic mass is 10.1. The molecule has 0 unspecified atom stereocenters. The van der Waals surface area contributed by atoms with Crippen LogP contribution in [0.5, 0.6) is 5.75 Å². The number of Topliss-reactive ketones (excluding diaryl/α,β-unsaturated/α-hetero) is 1. The van der Waals surface area contributed by atoms with Gasteiger partial charge < -0.3 is 4.74 Å². The van der Waals surface area contributed by atoms with Crippen LogP contribution in [0, 0.1) is 0 Å². The number of hydrazine groups is 1. The summed E-state index contributed by atoms with van der Waals surface area (Å²) in [4.78, 5) is 21.6. The van der Waals surface area contributed by atoms with E-state index in [-0.39, 0.29) is 11.5 Å². The summed E-state index contributed by atoms with van der Waals surface area (Å²) in [7, 11) is 0. The first kappa shape index (κ1) is 13.0. The Morgan fingerprint density at radius 3 is 2.24 bits per heavy atom. The maximum absolute atomic E-state index is 13.0. The molecule has 92 valence electrons. The Morgan fingerprint density at radius 1 is 1.29 bits per heavy atom. The molecule has 3 N–H and O–H groups in total. The van der Waals surface area contributed by atoms with Crippen LogP contribution in [0.4, 0.5) is 8.78 Å². The molecule has 0 atom stereocenters. The van der Waals surface area contributed by atoms with Crippen LogP contribution in [-0.2, 0) is 4.79 Å². The van der Waals surface area contributed by atoms with Gasteiger partial charge in [-0.2, -0.15) is 8.78 Å². The van der Waals surface area contributed by atoms with Gasteiger partial charge in [0.15, 0.2) is 5.78 Å². The molecule has 0 saturated carbocycles. The summed E-state index contributed by atoms with van der Waals surface area (Å²) in [5.41, 5.74) is 1.64. The van der Waals surface area contributed by atoms with E-state index in [2.05, 4.69) is 10.6 Å². The summed E-state index contributed by atoms with van der Waals surface area (Å²) in [6, 6.07) is 4.95. The molecule has 1 aromatic carbocycles. The van der Waals surface area contributed by atoms with Gasteiger partial charge in [0.2, 0.25) is 0 Å². The SMILES string of the molecule is CC(=O)c1ccc(OC(F)(F)C(=O)NN)cc1. The third-order valence-corrected chi connectivity index (χ3v) is 1.90. The van der Waals surface area contributed by atoms with Crippen molar-refractivity contribution in [2.75, 3.05) is 0 Å². The largest absolute Gasteiger partial charge is 0.483 e. The van der Waals surface area contributed by atoms with Crippen molar-refractivity contribution in [1.29, 1.82) is 0 Å². The highest BCUT2D eigenvalue weighted by Crippen LogP contribution is 2.22. The Labute approximate surface area is 95.5 Å². The monoisotopic (exact) mass is 244 g/mol. The molecule has 1 aromatic rings. The van der Waals surface area contributed by atoms with Crippen molar-refractivity contribution in [3.63, 3.8) is 0 Å². The van der Waals surface area contributed by atoms with Gasteiger partial charge in [0.1, 0.15) is 5.75 Å². The molecule has 0 aliphatic carbocycles. The lowest BCUT2D eigenvalue weighted by Crippen LogP contribution is -2.47. The van der Waals surface area contributed by atoms with Crippen molar-refractivity contribution in [2.45, 2.75) is 13.0 Å². The van der Waals surface area contributed by atoms with Crippen molar-refractivity contribution in [1.82, 2.24) is 5.43 Å². The highest BCUT2D eigenvalue weighted by molar-refractivity contribution is 5.94. The molecule has 17 heavy (non-hydrogen) atoms. The molecule has 1 amide bonds. The fourth-order valence-electron chi connectivity index (χ4n) is 1.04. The second-order valence-electron chi connectivity index (χ2n) is 3.17.